The third-order valence-corrected chi connectivity index (χ3v) is 3.66. The highest BCUT2D eigenvalue weighted by atomic mass is 19.4. The number of carbonyl (C=O) groups excluding carboxylic acids is 1. The minimum atomic E-state index is -7.26. The lowest BCUT2D eigenvalue weighted by Gasteiger charge is -2.33. The summed E-state index contributed by atoms with van der Waals surface area (Å²) in [5.74, 6) is -17.6. The Labute approximate surface area is 158 Å². The lowest BCUT2D eigenvalue weighted by Crippen LogP contribution is -2.62. The van der Waals surface area contributed by atoms with Gasteiger partial charge < -0.3 is 4.57 Å². The van der Waals surface area contributed by atoms with Gasteiger partial charge in [0.1, 0.15) is 0 Å². The molecule has 0 aliphatic carbocycles. The Bertz CT molecular complexity index is 951. The molecule has 168 valence electrons. The van der Waals surface area contributed by atoms with E-state index in [1.54, 1.807) is 0 Å². The van der Waals surface area contributed by atoms with E-state index in [1.165, 1.54) is 24.3 Å². The van der Waals surface area contributed by atoms with Gasteiger partial charge in [-0.05, 0) is 12.1 Å². The molecule has 0 radical (unpaired) electrons. The van der Waals surface area contributed by atoms with E-state index in [0.717, 1.165) is 16.9 Å². The third kappa shape index (κ3) is 3.75. The van der Waals surface area contributed by atoms with Crippen LogP contribution in [0.5, 0.6) is 0 Å². The lowest BCUT2D eigenvalue weighted by atomic mass is 10.2. The minimum absolute atomic E-state index is 0.0293. The highest BCUT2D eigenvalue weighted by Gasteiger charge is 2.79. The number of aromatic nitrogens is 2. The number of fused-ring (bicyclic) bond motifs is 1. The number of aryl methyl sites for hydroxylation is 1. The maximum atomic E-state index is 14.2. The molecule has 0 saturated heterocycles. The molecule has 0 aliphatic rings. The molecule has 1 unspecified atom stereocenters. The molecule has 2 aromatic rings. The maximum absolute atomic E-state index is 14.2. The first-order valence-corrected chi connectivity index (χ1v) is 7.36. The van der Waals surface area contributed by atoms with Crippen molar-refractivity contribution in [1.82, 2.24) is 9.55 Å². The Hall–Kier alpha value is -2.65. The number of rotatable bonds is 5. The van der Waals surface area contributed by atoms with Crippen molar-refractivity contribution in [1.29, 1.82) is 0 Å². The van der Waals surface area contributed by atoms with E-state index < -0.39 is 42.1 Å². The van der Waals surface area contributed by atoms with E-state index in [-0.39, 0.29) is 11.0 Å². The van der Waals surface area contributed by atoms with Crippen molar-refractivity contribution >= 4 is 22.9 Å². The van der Waals surface area contributed by atoms with Crippen LogP contribution >= 0.6 is 0 Å². The van der Waals surface area contributed by atoms with E-state index in [2.05, 4.69) is 9.72 Å². The molecule has 2 rings (SSSR count). The molecular formula is C14H8F11N3O2. The van der Waals surface area contributed by atoms with Crippen LogP contribution in [-0.4, -0.2) is 45.7 Å². The summed E-state index contributed by atoms with van der Waals surface area (Å²) in [7, 11) is 1.09. The van der Waals surface area contributed by atoms with E-state index in [1.807, 2.05) is 0 Å². The van der Waals surface area contributed by atoms with Gasteiger partial charge in [0.2, 0.25) is 5.95 Å². The quantitative estimate of drug-likeness (QED) is 0.668. The Balaban J connectivity index is 2.45. The lowest BCUT2D eigenvalue weighted by molar-refractivity contribution is -0.472. The van der Waals surface area contributed by atoms with Gasteiger partial charge in [-0.2, -0.15) is 48.3 Å². The third-order valence-electron chi connectivity index (χ3n) is 3.66. The first-order valence-electron chi connectivity index (χ1n) is 7.36. The van der Waals surface area contributed by atoms with Crippen molar-refractivity contribution in [2.75, 3.05) is 5.32 Å². The van der Waals surface area contributed by atoms with Gasteiger partial charge in [0.05, 0.1) is 11.0 Å². The standard InChI is InChI=1S/C14H8F11N3O2/c1-28-7-5-3-2-4-6(7)26-9(28)27-8(29)10(15,12(18,19)20)30-14(24,25)11(16,17)13(21,22)23/h2-5H,1H3,(H,26,27,29). The number of imidazole rings is 1. The van der Waals surface area contributed by atoms with Crippen molar-refractivity contribution in [2.45, 2.75) is 30.2 Å². The molecule has 1 N–H and O–H groups in total. The number of amides is 1. The monoisotopic (exact) mass is 459 g/mol. The van der Waals surface area contributed by atoms with Gasteiger partial charge in [0.25, 0.3) is 0 Å². The Kier molecular flexibility index (Phi) is 5.48. The number of para-hydroxylation sites is 2. The van der Waals surface area contributed by atoms with Gasteiger partial charge in [-0.1, -0.05) is 12.1 Å². The van der Waals surface area contributed by atoms with Crippen LogP contribution in [-0.2, 0) is 16.6 Å². The molecular weight excluding hydrogens is 451 g/mol. The maximum Gasteiger partial charge on any atom is 0.462 e. The van der Waals surface area contributed by atoms with E-state index in [9.17, 15) is 53.1 Å². The molecule has 0 fully saturated rings. The van der Waals surface area contributed by atoms with Gasteiger partial charge in [-0.15, -0.1) is 0 Å². The van der Waals surface area contributed by atoms with Crippen LogP contribution < -0.4 is 5.32 Å². The van der Waals surface area contributed by atoms with Crippen LogP contribution in [0, 0.1) is 0 Å². The fourth-order valence-electron chi connectivity index (χ4n) is 2.08. The normalized spacial score (nSPS) is 15.9. The molecule has 1 aromatic carbocycles. The number of alkyl halides is 11. The number of ether oxygens (including phenoxy) is 1. The second kappa shape index (κ2) is 6.95. The van der Waals surface area contributed by atoms with Crippen molar-refractivity contribution in [2.24, 2.45) is 7.05 Å². The summed E-state index contributed by atoms with van der Waals surface area (Å²) in [6.45, 7) is 0. The Morgan fingerprint density at radius 2 is 1.47 bits per heavy atom. The van der Waals surface area contributed by atoms with Crippen LogP contribution in [0.3, 0.4) is 0 Å². The molecule has 0 bridgehead atoms. The number of anilines is 1. The fraction of sp³-hybridized carbons (Fsp3) is 0.429. The van der Waals surface area contributed by atoms with Crippen LogP contribution in [0.4, 0.5) is 54.2 Å². The molecule has 1 atom stereocenters. The molecule has 1 amide bonds. The van der Waals surface area contributed by atoms with Crippen molar-refractivity contribution in [3.63, 3.8) is 0 Å². The van der Waals surface area contributed by atoms with Crippen molar-refractivity contribution in [3.8, 4) is 0 Å². The summed E-state index contributed by atoms with van der Waals surface area (Å²) in [5.41, 5.74) is 0.181. The number of halogens is 11. The summed E-state index contributed by atoms with van der Waals surface area (Å²) in [4.78, 5) is 15.3. The zero-order valence-corrected chi connectivity index (χ0v) is 14.2. The predicted molar refractivity (Wildman–Crippen MR) is 76.3 cm³/mol. The van der Waals surface area contributed by atoms with E-state index >= 15 is 0 Å². The number of carbonyl (C=O) groups is 1. The predicted octanol–water partition coefficient (Wildman–Crippen LogP) is 4.55. The van der Waals surface area contributed by atoms with Gasteiger partial charge in [-0.3, -0.25) is 14.8 Å². The summed E-state index contributed by atoms with van der Waals surface area (Å²) in [5, 5.41) is 1.09. The molecule has 0 saturated carbocycles. The molecule has 5 nitrogen and oxygen atoms in total. The second-order valence-corrected chi connectivity index (χ2v) is 5.72. The van der Waals surface area contributed by atoms with Gasteiger partial charge >= 0.3 is 36.1 Å². The first kappa shape index (κ1) is 23.6. The smallest absolute Gasteiger partial charge is 0.313 e. The van der Waals surface area contributed by atoms with Crippen LogP contribution in [0.2, 0.25) is 0 Å². The Morgan fingerprint density at radius 3 is 1.93 bits per heavy atom. The van der Waals surface area contributed by atoms with Gasteiger partial charge in [-0.25, -0.2) is 4.98 Å². The summed E-state index contributed by atoms with van der Waals surface area (Å²) >= 11 is 0. The fourth-order valence-corrected chi connectivity index (χ4v) is 2.08. The first-order chi connectivity index (χ1) is 13.3. The molecule has 30 heavy (non-hydrogen) atoms. The van der Waals surface area contributed by atoms with Crippen molar-refractivity contribution < 1.29 is 57.8 Å². The highest BCUT2D eigenvalue weighted by Crippen LogP contribution is 2.51. The number of nitrogens with one attached hydrogen (secondary N) is 1. The van der Waals surface area contributed by atoms with Gasteiger partial charge in [0, 0.05) is 7.05 Å². The number of hydrogen-bond donors (Lipinski definition) is 1. The summed E-state index contributed by atoms with van der Waals surface area (Å²) < 4.78 is 144. The zero-order chi connectivity index (χ0) is 23.3. The highest BCUT2D eigenvalue weighted by molar-refractivity contribution is 5.97. The minimum Gasteiger partial charge on any atom is -0.313 e. The van der Waals surface area contributed by atoms with E-state index in [4.69, 9.17) is 0 Å². The second-order valence-electron chi connectivity index (χ2n) is 5.72. The average Bonchev–Trinajstić information content (AvgIpc) is 2.88. The Morgan fingerprint density at radius 1 is 0.933 bits per heavy atom. The summed E-state index contributed by atoms with van der Waals surface area (Å²) in [6, 6.07) is 5.44. The summed E-state index contributed by atoms with van der Waals surface area (Å²) in [6.07, 6.45) is -21.0. The SMILES string of the molecule is Cn1c(NC(=O)C(F)(OC(F)(F)C(F)(F)C(F)(F)F)C(F)(F)F)nc2ccccc21. The van der Waals surface area contributed by atoms with Gasteiger partial charge in [0.15, 0.2) is 0 Å². The van der Waals surface area contributed by atoms with E-state index in [0.29, 0.717) is 0 Å². The van der Waals surface area contributed by atoms with Crippen LogP contribution in [0.1, 0.15) is 0 Å². The molecule has 1 heterocycles. The molecule has 16 heteroatoms. The topological polar surface area (TPSA) is 56.2 Å². The number of hydrogen-bond acceptors (Lipinski definition) is 3. The largest absolute Gasteiger partial charge is 0.462 e. The number of nitrogens with zero attached hydrogens (tertiary/aromatic N) is 2. The molecule has 0 spiro atoms. The van der Waals surface area contributed by atoms with Crippen LogP contribution in [0.15, 0.2) is 24.3 Å². The molecule has 1 aromatic heterocycles. The van der Waals surface area contributed by atoms with Crippen LogP contribution in [0.25, 0.3) is 11.0 Å². The number of benzene rings is 1. The van der Waals surface area contributed by atoms with Crippen molar-refractivity contribution in [3.05, 3.63) is 24.3 Å². The molecule has 0 aliphatic heterocycles. The average molecular weight is 459 g/mol. The zero-order valence-electron chi connectivity index (χ0n) is 14.2.